The molecule has 0 saturated carbocycles. The number of unbranched alkanes of at least 4 members (excludes halogenated alkanes) is 20. The monoisotopic (exact) mass is 550 g/mol. The SMILES string of the molecule is CCCCCC(N)N.CCCCCCCCCCCCOP(=O)(O)OCCCCCCCCCCCC. The van der Waals surface area contributed by atoms with E-state index in [2.05, 4.69) is 20.8 Å². The highest BCUT2D eigenvalue weighted by Crippen LogP contribution is 2.43. The molecule has 0 heterocycles. The molecular formula is C30H67N2O4P. The Labute approximate surface area is 232 Å². The Morgan fingerprint density at radius 1 is 0.514 bits per heavy atom. The summed E-state index contributed by atoms with van der Waals surface area (Å²) in [6.45, 7) is 7.31. The highest BCUT2D eigenvalue weighted by atomic mass is 31.2. The van der Waals surface area contributed by atoms with Crippen LogP contribution in [0.3, 0.4) is 0 Å². The number of rotatable bonds is 28. The van der Waals surface area contributed by atoms with Gasteiger partial charge in [0.15, 0.2) is 0 Å². The summed E-state index contributed by atoms with van der Waals surface area (Å²) in [6.07, 6.45) is 29.3. The van der Waals surface area contributed by atoms with Gasteiger partial charge in [-0.2, -0.15) is 0 Å². The number of hydrogen-bond acceptors (Lipinski definition) is 5. The normalized spacial score (nSPS) is 11.6. The van der Waals surface area contributed by atoms with Gasteiger partial charge in [-0.3, -0.25) is 9.05 Å². The van der Waals surface area contributed by atoms with E-state index in [0.29, 0.717) is 13.2 Å². The molecule has 0 saturated heterocycles. The van der Waals surface area contributed by atoms with Crippen molar-refractivity contribution in [3.63, 3.8) is 0 Å². The maximum Gasteiger partial charge on any atom is 0.472 e. The molecule has 5 N–H and O–H groups in total. The summed E-state index contributed by atoms with van der Waals surface area (Å²) in [6, 6.07) is 0. The summed E-state index contributed by atoms with van der Waals surface area (Å²) >= 11 is 0. The van der Waals surface area contributed by atoms with Gasteiger partial charge in [0.2, 0.25) is 0 Å². The van der Waals surface area contributed by atoms with Crippen LogP contribution >= 0.6 is 7.82 Å². The lowest BCUT2D eigenvalue weighted by Crippen LogP contribution is -2.29. The first-order valence-electron chi connectivity index (χ1n) is 16.0. The highest BCUT2D eigenvalue weighted by Gasteiger charge is 2.19. The van der Waals surface area contributed by atoms with Crippen LogP contribution < -0.4 is 11.5 Å². The van der Waals surface area contributed by atoms with Crippen molar-refractivity contribution in [2.45, 2.75) is 181 Å². The fourth-order valence-electron chi connectivity index (χ4n) is 4.21. The van der Waals surface area contributed by atoms with Gasteiger partial charge in [0, 0.05) is 0 Å². The summed E-state index contributed by atoms with van der Waals surface area (Å²) in [7, 11) is -3.85. The van der Waals surface area contributed by atoms with Crippen molar-refractivity contribution in [2.75, 3.05) is 13.2 Å². The van der Waals surface area contributed by atoms with Crippen LogP contribution in [0.25, 0.3) is 0 Å². The summed E-state index contributed by atoms with van der Waals surface area (Å²) in [5.41, 5.74) is 10.6. The molecule has 37 heavy (non-hydrogen) atoms. The van der Waals surface area contributed by atoms with E-state index in [1.165, 1.54) is 122 Å². The summed E-state index contributed by atoms with van der Waals surface area (Å²) in [4.78, 5) is 9.71. The Morgan fingerprint density at radius 2 is 0.784 bits per heavy atom. The molecule has 0 aliphatic heterocycles. The van der Waals surface area contributed by atoms with Crippen molar-refractivity contribution >= 4 is 7.82 Å². The lowest BCUT2D eigenvalue weighted by atomic mass is 10.1. The smallest absolute Gasteiger partial charge is 0.316 e. The molecule has 0 aliphatic carbocycles. The van der Waals surface area contributed by atoms with Crippen LogP contribution in [0.4, 0.5) is 0 Å². The van der Waals surface area contributed by atoms with Gasteiger partial charge in [-0.1, -0.05) is 156 Å². The standard InChI is InChI=1S/C24H51O4P.C6H16N2/c1-3-5-7-9-11-13-15-17-19-21-23-27-29(25,26)28-24-22-20-18-16-14-12-10-8-6-4-2;1-2-3-4-5-6(7)8/h3-24H2,1-2H3,(H,25,26);6H,2-5,7-8H2,1H3. The predicted molar refractivity (Wildman–Crippen MR) is 162 cm³/mol. The Balaban J connectivity index is 0. The Hall–Kier alpha value is 0.0300. The second kappa shape index (κ2) is 32.2. The maximum atomic E-state index is 11.8. The molecule has 0 aromatic rings. The van der Waals surface area contributed by atoms with Crippen molar-refractivity contribution < 1.29 is 18.5 Å². The van der Waals surface area contributed by atoms with Gasteiger partial charge in [-0.05, 0) is 19.3 Å². The number of phosphoric ester groups is 1. The van der Waals surface area contributed by atoms with Crippen LogP contribution in [-0.2, 0) is 13.6 Å². The molecule has 0 bridgehead atoms. The lowest BCUT2D eigenvalue weighted by Gasteiger charge is -2.12. The average molecular weight is 551 g/mol. The van der Waals surface area contributed by atoms with E-state index < -0.39 is 7.82 Å². The van der Waals surface area contributed by atoms with Crippen LogP contribution in [0.5, 0.6) is 0 Å². The van der Waals surface area contributed by atoms with Crippen LogP contribution in [0.2, 0.25) is 0 Å². The Morgan fingerprint density at radius 3 is 1.08 bits per heavy atom. The van der Waals surface area contributed by atoms with Gasteiger partial charge < -0.3 is 16.4 Å². The third-order valence-electron chi connectivity index (χ3n) is 6.65. The van der Waals surface area contributed by atoms with Gasteiger partial charge in [-0.15, -0.1) is 0 Å². The second-order valence-corrected chi connectivity index (χ2v) is 12.1. The highest BCUT2D eigenvalue weighted by molar-refractivity contribution is 7.47. The van der Waals surface area contributed by atoms with Crippen molar-refractivity contribution in [2.24, 2.45) is 11.5 Å². The minimum Gasteiger partial charge on any atom is -0.316 e. The van der Waals surface area contributed by atoms with E-state index in [9.17, 15) is 9.46 Å². The molecule has 0 fully saturated rings. The quantitative estimate of drug-likeness (QED) is 0.0508. The predicted octanol–water partition coefficient (Wildman–Crippen LogP) is 9.77. The Bertz CT molecular complexity index is 437. The number of phosphoric acid groups is 1. The summed E-state index contributed by atoms with van der Waals surface area (Å²) < 4.78 is 22.0. The van der Waals surface area contributed by atoms with E-state index in [4.69, 9.17) is 20.5 Å². The van der Waals surface area contributed by atoms with Gasteiger partial charge in [-0.25, -0.2) is 4.57 Å². The van der Waals surface area contributed by atoms with Crippen LogP contribution in [0.1, 0.15) is 175 Å². The molecule has 0 radical (unpaired) electrons. The number of nitrogens with two attached hydrogens (primary N) is 2. The molecule has 0 rings (SSSR count). The van der Waals surface area contributed by atoms with Crippen molar-refractivity contribution in [3.8, 4) is 0 Å². The van der Waals surface area contributed by atoms with E-state index in [1.807, 2.05) is 0 Å². The third-order valence-corrected chi connectivity index (χ3v) is 7.66. The van der Waals surface area contributed by atoms with Gasteiger partial charge in [0.25, 0.3) is 0 Å². The fourth-order valence-corrected chi connectivity index (χ4v) is 5.00. The van der Waals surface area contributed by atoms with Gasteiger partial charge in [0.05, 0.1) is 19.4 Å². The van der Waals surface area contributed by atoms with Crippen LogP contribution in [0.15, 0.2) is 0 Å². The lowest BCUT2D eigenvalue weighted by molar-refractivity contribution is 0.145. The van der Waals surface area contributed by atoms with Crippen molar-refractivity contribution in [1.82, 2.24) is 0 Å². The summed E-state index contributed by atoms with van der Waals surface area (Å²) in [5.74, 6) is 0. The zero-order valence-corrected chi connectivity index (χ0v) is 26.1. The van der Waals surface area contributed by atoms with Gasteiger partial charge in [0.1, 0.15) is 0 Å². The first kappa shape index (κ1) is 39.2. The van der Waals surface area contributed by atoms with E-state index in [0.717, 1.165) is 32.1 Å². The summed E-state index contributed by atoms with van der Waals surface area (Å²) in [5, 5.41) is 0. The molecular weight excluding hydrogens is 483 g/mol. The molecule has 0 amide bonds. The minimum atomic E-state index is -3.85. The Kier molecular flexibility index (Phi) is 34.1. The molecule has 0 aliphatic rings. The van der Waals surface area contributed by atoms with E-state index in [-0.39, 0.29) is 6.17 Å². The fraction of sp³-hybridized carbons (Fsp3) is 1.00. The molecule has 0 unspecified atom stereocenters. The molecule has 6 nitrogen and oxygen atoms in total. The molecule has 0 spiro atoms. The first-order chi connectivity index (χ1) is 17.9. The molecule has 0 aromatic carbocycles. The van der Waals surface area contributed by atoms with Gasteiger partial charge >= 0.3 is 7.82 Å². The molecule has 7 heteroatoms. The average Bonchev–Trinajstić information content (AvgIpc) is 2.86. The van der Waals surface area contributed by atoms with E-state index in [1.54, 1.807) is 0 Å². The second-order valence-electron chi connectivity index (χ2n) is 10.7. The molecule has 0 atom stereocenters. The third kappa shape index (κ3) is 38.2. The minimum absolute atomic E-state index is 0.0958. The maximum absolute atomic E-state index is 11.8. The molecule has 226 valence electrons. The van der Waals surface area contributed by atoms with Crippen LogP contribution in [0, 0.1) is 0 Å². The zero-order chi connectivity index (χ0) is 27.9. The zero-order valence-electron chi connectivity index (χ0n) is 25.2. The first-order valence-corrected chi connectivity index (χ1v) is 17.5. The molecule has 0 aromatic heterocycles. The largest absolute Gasteiger partial charge is 0.472 e. The topological polar surface area (TPSA) is 108 Å². The number of hydrogen-bond donors (Lipinski definition) is 3. The van der Waals surface area contributed by atoms with Crippen molar-refractivity contribution in [3.05, 3.63) is 0 Å². The van der Waals surface area contributed by atoms with Crippen LogP contribution in [-0.4, -0.2) is 24.3 Å². The van der Waals surface area contributed by atoms with Crippen molar-refractivity contribution in [1.29, 1.82) is 0 Å². The van der Waals surface area contributed by atoms with E-state index >= 15 is 0 Å².